The molecule has 7 heteroatoms. The summed E-state index contributed by atoms with van der Waals surface area (Å²) in [5, 5.41) is 18.0. The van der Waals surface area contributed by atoms with Crippen molar-refractivity contribution >= 4 is 38.2 Å². The predicted octanol–water partition coefficient (Wildman–Crippen LogP) is 5.62. The maximum absolute atomic E-state index is 12.9. The molecule has 0 radical (unpaired) electrons. The lowest BCUT2D eigenvalue weighted by molar-refractivity contribution is -0.119. The van der Waals surface area contributed by atoms with Crippen molar-refractivity contribution in [1.82, 2.24) is 9.78 Å². The first-order valence-electron chi connectivity index (χ1n) is 10.1. The summed E-state index contributed by atoms with van der Waals surface area (Å²) in [6.45, 7) is 13.2. The molecule has 2 aromatic heterocycles. The molecule has 0 aliphatic heterocycles. The quantitative estimate of drug-likeness (QED) is 0.621. The Bertz CT molecular complexity index is 977. The van der Waals surface area contributed by atoms with Crippen LogP contribution in [0.3, 0.4) is 0 Å². The van der Waals surface area contributed by atoms with Crippen LogP contribution in [0.4, 0.5) is 5.00 Å². The molecule has 0 unspecified atom stereocenters. The second-order valence-electron chi connectivity index (χ2n) is 9.18. The number of nitrogens with zero attached hydrogens (tertiary/aromatic N) is 3. The Morgan fingerprint density at radius 2 is 2.14 bits per heavy atom. The van der Waals surface area contributed by atoms with E-state index in [2.05, 4.69) is 53.2 Å². The number of aryl methyl sites for hydroxylation is 1. The standard InChI is InChI=1S/C22H29BrN4OS/c1-12(11-27-14(3)19(23)13(2)26-27)20(28)25-21-17(10-24)16-8-7-15(22(4,5)6)9-18(16)29-21/h12,15H,7-9,11H2,1-6H3,(H,25,28)/t12-,15-/m1/s1. The van der Waals surface area contributed by atoms with Crippen molar-refractivity contribution in [2.75, 3.05) is 5.32 Å². The van der Waals surface area contributed by atoms with Crippen molar-refractivity contribution in [3.63, 3.8) is 0 Å². The Hall–Kier alpha value is -1.65. The molecule has 0 spiro atoms. The van der Waals surface area contributed by atoms with Crippen molar-refractivity contribution in [2.24, 2.45) is 17.3 Å². The molecule has 0 fully saturated rings. The van der Waals surface area contributed by atoms with Crippen LogP contribution in [-0.2, 0) is 24.2 Å². The van der Waals surface area contributed by atoms with Gasteiger partial charge in [0.1, 0.15) is 11.1 Å². The monoisotopic (exact) mass is 476 g/mol. The van der Waals surface area contributed by atoms with Gasteiger partial charge in [-0.25, -0.2) is 0 Å². The Morgan fingerprint density at radius 3 is 2.69 bits per heavy atom. The zero-order valence-electron chi connectivity index (χ0n) is 18.0. The fourth-order valence-corrected chi connectivity index (χ4v) is 5.53. The van der Waals surface area contributed by atoms with Crippen LogP contribution in [0.1, 0.15) is 61.5 Å². The topological polar surface area (TPSA) is 70.7 Å². The van der Waals surface area contributed by atoms with Gasteiger partial charge in [0.05, 0.1) is 28.2 Å². The molecular weight excluding hydrogens is 448 g/mol. The van der Waals surface area contributed by atoms with Crippen LogP contribution in [0.5, 0.6) is 0 Å². The lowest BCUT2D eigenvalue weighted by Crippen LogP contribution is -2.26. The van der Waals surface area contributed by atoms with Gasteiger partial charge in [-0.1, -0.05) is 27.7 Å². The van der Waals surface area contributed by atoms with Crippen LogP contribution in [0, 0.1) is 42.4 Å². The molecule has 0 saturated heterocycles. The third kappa shape index (κ3) is 4.44. The highest BCUT2D eigenvalue weighted by Gasteiger charge is 2.32. The number of nitriles is 1. The van der Waals surface area contributed by atoms with Crippen LogP contribution in [0.25, 0.3) is 0 Å². The third-order valence-corrected chi connectivity index (χ3v) is 8.34. The molecule has 0 saturated carbocycles. The Kier molecular flexibility index (Phi) is 6.26. The van der Waals surface area contributed by atoms with E-state index >= 15 is 0 Å². The van der Waals surface area contributed by atoms with Crippen molar-refractivity contribution in [3.8, 4) is 6.07 Å². The van der Waals surface area contributed by atoms with Gasteiger partial charge in [-0.2, -0.15) is 10.4 Å². The van der Waals surface area contributed by atoms with Crippen molar-refractivity contribution in [2.45, 2.75) is 67.3 Å². The van der Waals surface area contributed by atoms with E-state index in [0.29, 0.717) is 23.0 Å². The number of amides is 1. The zero-order chi connectivity index (χ0) is 21.5. The van der Waals surface area contributed by atoms with E-state index in [-0.39, 0.29) is 17.2 Å². The Balaban J connectivity index is 1.76. The molecule has 5 nitrogen and oxygen atoms in total. The van der Waals surface area contributed by atoms with E-state index in [1.807, 2.05) is 25.5 Å². The first-order chi connectivity index (χ1) is 13.5. The molecule has 2 heterocycles. The fourth-order valence-electron chi connectivity index (χ4n) is 3.96. The number of anilines is 1. The minimum absolute atomic E-state index is 0.0730. The van der Waals surface area contributed by atoms with Crippen LogP contribution in [0.15, 0.2) is 4.47 Å². The third-order valence-electron chi connectivity index (χ3n) is 6.03. The van der Waals surface area contributed by atoms with E-state index < -0.39 is 0 Å². The maximum Gasteiger partial charge on any atom is 0.229 e. The normalized spacial score (nSPS) is 17.5. The van der Waals surface area contributed by atoms with E-state index in [9.17, 15) is 10.1 Å². The van der Waals surface area contributed by atoms with Gasteiger partial charge < -0.3 is 5.32 Å². The molecule has 0 bridgehead atoms. The number of fused-ring (bicyclic) bond motifs is 1. The summed E-state index contributed by atoms with van der Waals surface area (Å²) in [4.78, 5) is 14.1. The maximum atomic E-state index is 12.9. The molecule has 3 rings (SSSR count). The summed E-state index contributed by atoms with van der Waals surface area (Å²) in [6.07, 6.45) is 3.00. The number of carbonyl (C=O) groups excluding carboxylic acids is 1. The average Bonchev–Trinajstić information content (AvgIpc) is 3.11. The van der Waals surface area contributed by atoms with Crippen LogP contribution >= 0.6 is 27.3 Å². The number of aromatic nitrogens is 2. The largest absolute Gasteiger partial charge is 0.316 e. The molecule has 1 amide bonds. The average molecular weight is 477 g/mol. The number of rotatable bonds is 4. The Morgan fingerprint density at radius 1 is 1.45 bits per heavy atom. The van der Waals surface area contributed by atoms with Crippen molar-refractivity contribution in [3.05, 3.63) is 31.9 Å². The summed E-state index contributed by atoms with van der Waals surface area (Å²) in [5.41, 5.74) is 3.98. The smallest absolute Gasteiger partial charge is 0.229 e. The number of hydrogen-bond acceptors (Lipinski definition) is 4. The highest BCUT2D eigenvalue weighted by Crippen LogP contribution is 2.44. The number of carbonyl (C=O) groups is 1. The van der Waals surface area contributed by atoms with Gasteiger partial charge in [-0.3, -0.25) is 9.48 Å². The van der Waals surface area contributed by atoms with Gasteiger partial charge in [0.25, 0.3) is 0 Å². The van der Waals surface area contributed by atoms with Gasteiger partial charge in [0.15, 0.2) is 0 Å². The van der Waals surface area contributed by atoms with Crippen molar-refractivity contribution < 1.29 is 4.79 Å². The minimum atomic E-state index is -0.257. The van der Waals surface area contributed by atoms with E-state index in [1.54, 1.807) is 11.3 Å². The summed E-state index contributed by atoms with van der Waals surface area (Å²) < 4.78 is 2.85. The number of nitrogens with one attached hydrogen (secondary N) is 1. The van der Waals surface area contributed by atoms with E-state index in [1.165, 1.54) is 4.88 Å². The van der Waals surface area contributed by atoms with Gasteiger partial charge >= 0.3 is 0 Å². The fraction of sp³-hybridized carbons (Fsp3) is 0.591. The first-order valence-corrected chi connectivity index (χ1v) is 11.7. The highest BCUT2D eigenvalue weighted by atomic mass is 79.9. The number of halogens is 1. The van der Waals surface area contributed by atoms with Gasteiger partial charge in [0, 0.05) is 10.6 Å². The zero-order valence-corrected chi connectivity index (χ0v) is 20.4. The van der Waals surface area contributed by atoms with Crippen molar-refractivity contribution in [1.29, 1.82) is 5.26 Å². The molecular formula is C22H29BrN4OS. The molecule has 1 aliphatic carbocycles. The molecule has 1 aliphatic rings. The SMILES string of the molecule is Cc1nn(C[C@@H](C)C(=O)Nc2sc3c(c2C#N)CC[C@@H](C(C)(C)C)C3)c(C)c1Br. The number of thiophene rings is 1. The molecule has 2 atom stereocenters. The van der Waals surface area contributed by atoms with Gasteiger partial charge in [0.2, 0.25) is 5.91 Å². The number of hydrogen-bond donors (Lipinski definition) is 1. The first kappa shape index (κ1) is 22.0. The van der Waals surface area contributed by atoms with Crippen LogP contribution < -0.4 is 5.32 Å². The lowest BCUT2D eigenvalue weighted by Gasteiger charge is -2.33. The summed E-state index contributed by atoms with van der Waals surface area (Å²) in [7, 11) is 0. The highest BCUT2D eigenvalue weighted by molar-refractivity contribution is 9.10. The van der Waals surface area contributed by atoms with E-state index in [4.69, 9.17) is 0 Å². The molecule has 29 heavy (non-hydrogen) atoms. The Labute approximate surface area is 185 Å². The molecule has 156 valence electrons. The lowest BCUT2D eigenvalue weighted by atomic mass is 9.72. The van der Waals surface area contributed by atoms with E-state index in [0.717, 1.165) is 40.7 Å². The minimum Gasteiger partial charge on any atom is -0.316 e. The van der Waals surface area contributed by atoms with Gasteiger partial charge in [-0.05, 0) is 65.9 Å². The van der Waals surface area contributed by atoms with Gasteiger partial charge in [-0.15, -0.1) is 11.3 Å². The second kappa shape index (κ2) is 8.23. The molecule has 2 aromatic rings. The summed E-state index contributed by atoms with van der Waals surface area (Å²) in [6, 6.07) is 2.34. The van der Waals surface area contributed by atoms with Crippen LogP contribution in [0.2, 0.25) is 0 Å². The molecule has 0 aromatic carbocycles. The van der Waals surface area contributed by atoms with Crippen LogP contribution in [-0.4, -0.2) is 15.7 Å². The second-order valence-corrected chi connectivity index (χ2v) is 11.1. The summed E-state index contributed by atoms with van der Waals surface area (Å²) >= 11 is 5.12. The summed E-state index contributed by atoms with van der Waals surface area (Å²) in [5.74, 6) is 0.274. The predicted molar refractivity (Wildman–Crippen MR) is 121 cm³/mol. The molecule has 1 N–H and O–H groups in total.